The monoisotopic (exact) mass is 283 g/mol. The number of pyridine rings is 1. The summed E-state index contributed by atoms with van der Waals surface area (Å²) in [5.74, 6) is 1.32. The summed E-state index contributed by atoms with van der Waals surface area (Å²) in [6.45, 7) is 1.97. The van der Waals surface area contributed by atoms with Gasteiger partial charge in [0.25, 0.3) is 5.56 Å². The van der Waals surface area contributed by atoms with Crippen molar-refractivity contribution in [3.63, 3.8) is 0 Å². The summed E-state index contributed by atoms with van der Waals surface area (Å²) < 4.78 is 0. The van der Waals surface area contributed by atoms with Gasteiger partial charge in [-0.3, -0.25) is 9.78 Å². The number of H-pyrrole nitrogens is 1. The summed E-state index contributed by atoms with van der Waals surface area (Å²) in [7, 11) is 0. The minimum Gasteiger partial charge on any atom is -0.309 e. The van der Waals surface area contributed by atoms with Crippen molar-refractivity contribution in [2.75, 3.05) is 0 Å². The Hall–Kier alpha value is -2.14. The third-order valence-corrected chi connectivity index (χ3v) is 4.04. The van der Waals surface area contributed by atoms with Crippen LogP contribution < -0.4 is 5.56 Å². The topological polar surface area (TPSA) is 58.6 Å². The summed E-state index contributed by atoms with van der Waals surface area (Å²) in [4.78, 5) is 24.5. The highest BCUT2D eigenvalue weighted by atomic mass is 32.2. The van der Waals surface area contributed by atoms with Gasteiger partial charge in [0.1, 0.15) is 5.82 Å². The lowest BCUT2D eigenvalue weighted by Gasteiger charge is -2.05. The summed E-state index contributed by atoms with van der Waals surface area (Å²) in [6, 6.07) is 9.52. The van der Waals surface area contributed by atoms with Gasteiger partial charge in [0, 0.05) is 17.3 Å². The SMILES string of the molecule is Cc1cccc2c(=O)[nH]c(CSc3ccncc3)nc12. The van der Waals surface area contributed by atoms with Gasteiger partial charge in [0.15, 0.2) is 0 Å². The number of nitrogens with zero attached hydrogens (tertiary/aromatic N) is 2. The van der Waals surface area contributed by atoms with Crippen molar-refractivity contribution in [3.05, 3.63) is 64.5 Å². The molecule has 0 saturated heterocycles. The second-order valence-corrected chi connectivity index (χ2v) is 5.50. The molecule has 3 rings (SSSR count). The number of rotatable bonds is 3. The summed E-state index contributed by atoms with van der Waals surface area (Å²) in [5, 5.41) is 0.641. The van der Waals surface area contributed by atoms with Gasteiger partial charge in [-0.15, -0.1) is 11.8 Å². The zero-order chi connectivity index (χ0) is 13.9. The van der Waals surface area contributed by atoms with Gasteiger partial charge in [-0.1, -0.05) is 12.1 Å². The van der Waals surface area contributed by atoms with Crippen LogP contribution in [0.5, 0.6) is 0 Å². The van der Waals surface area contributed by atoms with Crippen LogP contribution in [0.25, 0.3) is 10.9 Å². The van der Waals surface area contributed by atoms with E-state index in [0.717, 1.165) is 16.0 Å². The highest BCUT2D eigenvalue weighted by Crippen LogP contribution is 2.20. The fourth-order valence-electron chi connectivity index (χ4n) is 2.01. The first kappa shape index (κ1) is 12.9. The predicted molar refractivity (Wildman–Crippen MR) is 80.9 cm³/mol. The smallest absolute Gasteiger partial charge is 0.258 e. The van der Waals surface area contributed by atoms with Crippen molar-refractivity contribution >= 4 is 22.7 Å². The fourth-order valence-corrected chi connectivity index (χ4v) is 2.76. The van der Waals surface area contributed by atoms with E-state index in [0.29, 0.717) is 17.0 Å². The maximum absolute atomic E-state index is 12.0. The molecule has 20 heavy (non-hydrogen) atoms. The van der Waals surface area contributed by atoms with Gasteiger partial charge < -0.3 is 4.98 Å². The van der Waals surface area contributed by atoms with Crippen molar-refractivity contribution < 1.29 is 0 Å². The molecule has 0 radical (unpaired) electrons. The number of hydrogen-bond acceptors (Lipinski definition) is 4. The maximum atomic E-state index is 12.0. The third-order valence-electron chi connectivity index (χ3n) is 3.01. The van der Waals surface area contributed by atoms with Crippen LogP contribution in [0.4, 0.5) is 0 Å². The van der Waals surface area contributed by atoms with Crippen molar-refractivity contribution in [3.8, 4) is 0 Å². The molecule has 2 aromatic heterocycles. The fraction of sp³-hybridized carbons (Fsp3) is 0.133. The second kappa shape index (κ2) is 5.46. The summed E-state index contributed by atoms with van der Waals surface area (Å²) in [5.41, 5.74) is 1.72. The number of hydrogen-bond donors (Lipinski definition) is 1. The van der Waals surface area contributed by atoms with E-state index in [-0.39, 0.29) is 5.56 Å². The molecule has 0 spiro atoms. The van der Waals surface area contributed by atoms with E-state index in [2.05, 4.69) is 15.0 Å². The Kier molecular flexibility index (Phi) is 3.52. The molecule has 2 heterocycles. The Morgan fingerprint density at radius 2 is 2.00 bits per heavy atom. The first-order valence-corrected chi connectivity index (χ1v) is 7.24. The van der Waals surface area contributed by atoms with Crippen LogP contribution in [0.2, 0.25) is 0 Å². The lowest BCUT2D eigenvalue weighted by Crippen LogP contribution is -2.11. The molecule has 0 amide bonds. The molecule has 0 aliphatic heterocycles. The van der Waals surface area contributed by atoms with Crippen LogP contribution in [0.3, 0.4) is 0 Å². The molecule has 3 aromatic rings. The van der Waals surface area contributed by atoms with Gasteiger partial charge in [0.05, 0.1) is 16.7 Å². The standard InChI is InChI=1S/C15H13N3OS/c1-10-3-2-4-12-14(10)17-13(18-15(12)19)9-20-11-5-7-16-8-6-11/h2-8H,9H2,1H3,(H,17,18,19). The maximum Gasteiger partial charge on any atom is 0.258 e. The van der Waals surface area contributed by atoms with Crippen LogP contribution in [0, 0.1) is 6.92 Å². The van der Waals surface area contributed by atoms with Crippen LogP contribution in [-0.4, -0.2) is 15.0 Å². The highest BCUT2D eigenvalue weighted by molar-refractivity contribution is 7.98. The quantitative estimate of drug-likeness (QED) is 0.751. The largest absolute Gasteiger partial charge is 0.309 e. The lowest BCUT2D eigenvalue weighted by molar-refractivity contribution is 1.03. The Morgan fingerprint density at radius 3 is 2.80 bits per heavy atom. The first-order valence-electron chi connectivity index (χ1n) is 6.25. The minimum atomic E-state index is -0.0796. The number of aromatic nitrogens is 3. The van der Waals surface area contributed by atoms with E-state index >= 15 is 0 Å². The third kappa shape index (κ3) is 2.58. The number of thioether (sulfide) groups is 1. The molecular formula is C15H13N3OS. The first-order chi connectivity index (χ1) is 9.74. The van der Waals surface area contributed by atoms with Crippen LogP contribution in [0.15, 0.2) is 52.4 Å². The van der Waals surface area contributed by atoms with Crippen molar-refractivity contribution in [2.45, 2.75) is 17.6 Å². The van der Waals surface area contributed by atoms with E-state index < -0.39 is 0 Å². The normalized spacial score (nSPS) is 10.8. The van der Waals surface area contributed by atoms with Gasteiger partial charge >= 0.3 is 0 Å². The van der Waals surface area contributed by atoms with E-state index in [1.54, 1.807) is 30.2 Å². The molecule has 0 saturated carbocycles. The number of aromatic amines is 1. The second-order valence-electron chi connectivity index (χ2n) is 4.46. The number of para-hydroxylation sites is 1. The van der Waals surface area contributed by atoms with E-state index in [1.807, 2.05) is 31.2 Å². The molecule has 100 valence electrons. The molecule has 0 atom stereocenters. The molecule has 1 N–H and O–H groups in total. The van der Waals surface area contributed by atoms with Crippen molar-refractivity contribution in [1.82, 2.24) is 15.0 Å². The number of fused-ring (bicyclic) bond motifs is 1. The molecule has 0 fully saturated rings. The van der Waals surface area contributed by atoms with E-state index in [9.17, 15) is 4.79 Å². The van der Waals surface area contributed by atoms with Crippen molar-refractivity contribution in [1.29, 1.82) is 0 Å². The molecule has 1 aromatic carbocycles. The summed E-state index contributed by atoms with van der Waals surface area (Å²) >= 11 is 1.62. The highest BCUT2D eigenvalue weighted by Gasteiger charge is 2.06. The van der Waals surface area contributed by atoms with Gasteiger partial charge in [-0.25, -0.2) is 4.98 Å². The van der Waals surface area contributed by atoms with E-state index in [4.69, 9.17) is 0 Å². The molecule has 0 bridgehead atoms. The van der Waals surface area contributed by atoms with Gasteiger partial charge in [-0.05, 0) is 30.7 Å². The summed E-state index contributed by atoms with van der Waals surface area (Å²) in [6.07, 6.45) is 3.51. The van der Waals surface area contributed by atoms with Crippen LogP contribution in [0.1, 0.15) is 11.4 Å². The van der Waals surface area contributed by atoms with Crippen LogP contribution in [-0.2, 0) is 5.75 Å². The molecule has 0 unspecified atom stereocenters. The number of benzene rings is 1. The molecule has 5 heteroatoms. The molecule has 4 nitrogen and oxygen atoms in total. The van der Waals surface area contributed by atoms with Crippen molar-refractivity contribution in [2.24, 2.45) is 0 Å². The van der Waals surface area contributed by atoms with E-state index in [1.165, 1.54) is 0 Å². The van der Waals surface area contributed by atoms with Gasteiger partial charge in [-0.2, -0.15) is 0 Å². The Balaban J connectivity index is 1.93. The molecule has 0 aliphatic carbocycles. The van der Waals surface area contributed by atoms with Crippen LogP contribution >= 0.6 is 11.8 Å². The minimum absolute atomic E-state index is 0.0796. The predicted octanol–water partition coefficient (Wildman–Crippen LogP) is 2.92. The number of aryl methyl sites for hydroxylation is 1. The van der Waals surface area contributed by atoms with Gasteiger partial charge in [0.2, 0.25) is 0 Å². The molecular weight excluding hydrogens is 270 g/mol. The zero-order valence-electron chi connectivity index (χ0n) is 11.0. The average Bonchev–Trinajstić information content (AvgIpc) is 2.47. The Bertz CT molecular complexity index is 799. The number of nitrogens with one attached hydrogen (secondary N) is 1. The zero-order valence-corrected chi connectivity index (χ0v) is 11.8. The molecule has 0 aliphatic rings. The lowest BCUT2D eigenvalue weighted by atomic mass is 10.1. The Morgan fingerprint density at radius 1 is 1.20 bits per heavy atom. The average molecular weight is 283 g/mol. The Labute approximate surface area is 120 Å².